The number of aliphatic hydroxyl groups is 1. The first kappa shape index (κ1) is 17.9. The fraction of sp³-hybridized carbons (Fsp3) is 0.350. The molecule has 1 amide bonds. The molecular formula is C20H23ClN2O2. The Bertz CT molecular complexity index is 705. The Morgan fingerprint density at radius 2 is 1.80 bits per heavy atom. The minimum atomic E-state index is -0.599. The molecule has 3 rings (SSSR count). The van der Waals surface area contributed by atoms with Crippen LogP contribution in [0.15, 0.2) is 54.6 Å². The molecule has 0 aromatic heterocycles. The second kappa shape index (κ2) is 8.00. The van der Waals surface area contributed by atoms with E-state index < -0.39 is 12.0 Å². The first-order chi connectivity index (χ1) is 12.0. The Kier molecular flexibility index (Phi) is 5.74. The largest absolute Gasteiger partial charge is 0.392 e. The lowest BCUT2D eigenvalue weighted by atomic mass is 9.92. The van der Waals surface area contributed by atoms with Crippen LogP contribution in [0.2, 0.25) is 5.02 Å². The van der Waals surface area contributed by atoms with Gasteiger partial charge in [-0.25, -0.2) is 0 Å². The third kappa shape index (κ3) is 4.40. The van der Waals surface area contributed by atoms with Gasteiger partial charge in [0.15, 0.2) is 0 Å². The zero-order valence-electron chi connectivity index (χ0n) is 14.2. The molecule has 5 heteroatoms. The molecule has 3 atom stereocenters. The van der Waals surface area contributed by atoms with Crippen LogP contribution in [0.4, 0.5) is 0 Å². The van der Waals surface area contributed by atoms with E-state index in [9.17, 15) is 9.90 Å². The molecule has 4 nitrogen and oxygen atoms in total. The highest BCUT2D eigenvalue weighted by Crippen LogP contribution is 2.25. The molecule has 1 heterocycles. The summed E-state index contributed by atoms with van der Waals surface area (Å²) >= 11 is 6.00. The lowest BCUT2D eigenvalue weighted by Crippen LogP contribution is -2.49. The number of benzene rings is 2. The van der Waals surface area contributed by atoms with Crippen molar-refractivity contribution in [1.82, 2.24) is 10.2 Å². The van der Waals surface area contributed by atoms with Crippen LogP contribution in [0.1, 0.15) is 23.6 Å². The number of hydrogen-bond donors (Lipinski definition) is 2. The Balaban J connectivity index is 1.85. The minimum Gasteiger partial charge on any atom is -0.392 e. The van der Waals surface area contributed by atoms with Crippen molar-refractivity contribution < 1.29 is 9.90 Å². The van der Waals surface area contributed by atoms with Gasteiger partial charge in [0, 0.05) is 18.1 Å². The highest BCUT2D eigenvalue weighted by atomic mass is 35.5. The van der Waals surface area contributed by atoms with Crippen molar-refractivity contribution in [2.75, 3.05) is 20.1 Å². The van der Waals surface area contributed by atoms with Gasteiger partial charge in [0.2, 0.25) is 5.91 Å². The first-order valence-corrected chi connectivity index (χ1v) is 8.90. The summed E-state index contributed by atoms with van der Waals surface area (Å²) < 4.78 is 0. The lowest BCUT2D eigenvalue weighted by Gasteiger charge is -2.34. The van der Waals surface area contributed by atoms with Gasteiger partial charge in [-0.3, -0.25) is 4.79 Å². The molecule has 132 valence electrons. The van der Waals surface area contributed by atoms with Crippen molar-refractivity contribution in [2.45, 2.75) is 18.6 Å². The van der Waals surface area contributed by atoms with E-state index in [0.717, 1.165) is 17.7 Å². The van der Waals surface area contributed by atoms with Crippen LogP contribution in [-0.4, -0.2) is 42.2 Å². The summed E-state index contributed by atoms with van der Waals surface area (Å²) in [6.45, 7) is 1.37. The minimum absolute atomic E-state index is 0.122. The van der Waals surface area contributed by atoms with Gasteiger partial charge in [-0.15, -0.1) is 0 Å². The molecule has 1 saturated heterocycles. The number of likely N-dealkylation sites (tertiary alicyclic amines) is 1. The summed E-state index contributed by atoms with van der Waals surface area (Å²) in [6, 6.07) is 17.0. The molecule has 25 heavy (non-hydrogen) atoms. The fourth-order valence-electron chi connectivity index (χ4n) is 3.27. The van der Waals surface area contributed by atoms with Crippen molar-refractivity contribution in [2.24, 2.45) is 5.92 Å². The maximum absolute atomic E-state index is 12.9. The van der Waals surface area contributed by atoms with Crippen molar-refractivity contribution >= 4 is 17.5 Å². The summed E-state index contributed by atoms with van der Waals surface area (Å²) in [5, 5.41) is 14.0. The normalized spacial score (nSPS) is 22.4. The first-order valence-electron chi connectivity index (χ1n) is 8.52. The van der Waals surface area contributed by atoms with Gasteiger partial charge in [-0.05, 0) is 36.7 Å². The number of carbonyl (C=O) groups excluding carboxylic acids is 1. The predicted molar refractivity (Wildman–Crippen MR) is 99.5 cm³/mol. The second-order valence-corrected chi connectivity index (χ2v) is 7.07. The van der Waals surface area contributed by atoms with Gasteiger partial charge in [0.25, 0.3) is 0 Å². The van der Waals surface area contributed by atoms with Crippen LogP contribution in [0, 0.1) is 5.92 Å². The van der Waals surface area contributed by atoms with Gasteiger partial charge in [0.05, 0.1) is 18.1 Å². The molecule has 0 spiro atoms. The molecular weight excluding hydrogens is 336 g/mol. The number of piperidine rings is 1. The topological polar surface area (TPSA) is 52.6 Å². The van der Waals surface area contributed by atoms with Crippen LogP contribution >= 0.6 is 11.6 Å². The second-order valence-electron chi connectivity index (χ2n) is 6.63. The molecule has 0 radical (unpaired) electrons. The maximum atomic E-state index is 12.9. The number of rotatable bonds is 4. The smallest absolute Gasteiger partial charge is 0.227 e. The zero-order chi connectivity index (χ0) is 17.8. The fourth-order valence-corrected chi connectivity index (χ4v) is 3.40. The van der Waals surface area contributed by atoms with Gasteiger partial charge >= 0.3 is 0 Å². The molecule has 1 fully saturated rings. The maximum Gasteiger partial charge on any atom is 0.227 e. The quantitative estimate of drug-likeness (QED) is 0.883. The van der Waals surface area contributed by atoms with Crippen LogP contribution < -0.4 is 5.32 Å². The molecule has 2 N–H and O–H groups in total. The summed E-state index contributed by atoms with van der Waals surface area (Å²) in [5.41, 5.74) is 1.96. The lowest BCUT2D eigenvalue weighted by molar-refractivity contribution is -0.131. The Hall–Kier alpha value is -1.88. The highest BCUT2D eigenvalue weighted by Gasteiger charge is 2.33. The van der Waals surface area contributed by atoms with E-state index >= 15 is 0 Å². The van der Waals surface area contributed by atoms with Crippen molar-refractivity contribution in [3.05, 3.63) is 70.7 Å². The Morgan fingerprint density at radius 1 is 1.16 bits per heavy atom. The average Bonchev–Trinajstić information content (AvgIpc) is 2.63. The number of nitrogens with one attached hydrogen (secondary N) is 1. The molecule has 0 saturated carbocycles. The number of halogens is 1. The van der Waals surface area contributed by atoms with Gasteiger partial charge < -0.3 is 15.3 Å². The van der Waals surface area contributed by atoms with E-state index in [1.54, 1.807) is 0 Å². The number of nitrogens with zero attached hydrogens (tertiary/aromatic N) is 1. The Morgan fingerprint density at radius 3 is 2.48 bits per heavy atom. The molecule has 0 aliphatic carbocycles. The Labute approximate surface area is 153 Å². The third-order valence-corrected chi connectivity index (χ3v) is 4.99. The third-order valence-electron chi connectivity index (χ3n) is 4.74. The van der Waals surface area contributed by atoms with Gasteiger partial charge in [-0.2, -0.15) is 0 Å². The van der Waals surface area contributed by atoms with Crippen molar-refractivity contribution in [1.29, 1.82) is 0 Å². The monoisotopic (exact) mass is 358 g/mol. The summed E-state index contributed by atoms with van der Waals surface area (Å²) in [4.78, 5) is 14.9. The van der Waals surface area contributed by atoms with Crippen LogP contribution in [0.25, 0.3) is 0 Å². The number of amides is 1. The summed E-state index contributed by atoms with van der Waals surface area (Å²) in [6.07, 6.45) is 0.0174. The van der Waals surface area contributed by atoms with E-state index in [4.69, 9.17) is 11.6 Å². The van der Waals surface area contributed by atoms with E-state index in [2.05, 4.69) is 10.2 Å². The highest BCUT2D eigenvalue weighted by molar-refractivity contribution is 6.30. The van der Waals surface area contributed by atoms with E-state index in [-0.39, 0.29) is 11.9 Å². The predicted octanol–water partition coefficient (Wildman–Crippen LogP) is 2.86. The van der Waals surface area contributed by atoms with E-state index in [1.165, 1.54) is 0 Å². The SMILES string of the molecule is CN1CC[C@@H](O)[C@H](C(=O)NC(c2ccccc2)c2ccc(Cl)cc2)C1. The molecule has 1 aliphatic rings. The number of aliphatic hydroxyl groups excluding tert-OH is 1. The van der Waals surface area contributed by atoms with Crippen molar-refractivity contribution in [3.8, 4) is 0 Å². The molecule has 1 unspecified atom stereocenters. The number of hydrogen-bond acceptors (Lipinski definition) is 3. The molecule has 2 aromatic carbocycles. The van der Waals surface area contributed by atoms with E-state index in [0.29, 0.717) is 18.0 Å². The van der Waals surface area contributed by atoms with Crippen LogP contribution in [-0.2, 0) is 4.79 Å². The number of carbonyl (C=O) groups is 1. The standard InChI is InChI=1S/C20H23ClN2O2/c1-23-12-11-18(24)17(13-23)20(25)22-19(14-5-3-2-4-6-14)15-7-9-16(21)10-8-15/h2-10,17-19,24H,11-13H2,1H3,(H,22,25)/t17-,18-,19?/m1/s1. The summed E-state index contributed by atoms with van der Waals surface area (Å²) in [5.74, 6) is -0.542. The van der Waals surface area contributed by atoms with E-state index in [1.807, 2.05) is 61.6 Å². The van der Waals surface area contributed by atoms with Gasteiger partial charge in [0.1, 0.15) is 0 Å². The van der Waals surface area contributed by atoms with Crippen molar-refractivity contribution in [3.63, 3.8) is 0 Å². The summed E-state index contributed by atoms with van der Waals surface area (Å²) in [7, 11) is 1.97. The van der Waals surface area contributed by atoms with Crippen LogP contribution in [0.3, 0.4) is 0 Å². The van der Waals surface area contributed by atoms with Crippen LogP contribution in [0.5, 0.6) is 0 Å². The molecule has 1 aliphatic heterocycles. The zero-order valence-corrected chi connectivity index (χ0v) is 15.0. The average molecular weight is 359 g/mol. The molecule has 0 bridgehead atoms. The molecule has 2 aromatic rings. The van der Waals surface area contributed by atoms with Gasteiger partial charge in [-0.1, -0.05) is 54.1 Å².